The predicted molar refractivity (Wildman–Crippen MR) is 164 cm³/mol. The van der Waals surface area contributed by atoms with Crippen LogP contribution in [0, 0.1) is 5.92 Å². The van der Waals surface area contributed by atoms with Gasteiger partial charge in [-0.1, -0.05) is 44.7 Å². The Balaban J connectivity index is 1.51. The largest absolute Gasteiger partial charge is 0.493 e. The van der Waals surface area contributed by atoms with Crippen LogP contribution in [0.1, 0.15) is 54.0 Å². The number of nitrogens with zero attached hydrogens (tertiary/aromatic N) is 2. The summed E-state index contributed by atoms with van der Waals surface area (Å²) in [5, 5.41) is 10.8. The van der Waals surface area contributed by atoms with Crippen molar-refractivity contribution in [2.75, 3.05) is 26.6 Å². The molecule has 2 aromatic carbocycles. The van der Waals surface area contributed by atoms with Crippen molar-refractivity contribution in [2.24, 2.45) is 5.92 Å². The molecule has 0 unspecified atom stereocenters. The number of carbonyl (C=O) groups excluding carboxylic acids is 2. The first kappa shape index (κ1) is 30.2. The molecule has 0 bridgehead atoms. The molecule has 1 aliphatic heterocycles. The number of ether oxygens (including phenoxy) is 3. The van der Waals surface area contributed by atoms with Crippen LogP contribution in [0.5, 0.6) is 11.5 Å². The Morgan fingerprint density at radius 3 is 2.43 bits per heavy atom. The van der Waals surface area contributed by atoms with Crippen molar-refractivity contribution >= 4 is 29.0 Å². The number of benzene rings is 2. The van der Waals surface area contributed by atoms with Gasteiger partial charge in [-0.05, 0) is 73.2 Å². The third-order valence-electron chi connectivity index (χ3n) is 6.91. The molecule has 0 saturated heterocycles. The monoisotopic (exact) mass is 570 g/mol. The highest BCUT2D eigenvalue weighted by Crippen LogP contribution is 2.32. The van der Waals surface area contributed by atoms with Gasteiger partial charge in [-0.3, -0.25) is 4.79 Å². The number of anilines is 1. The Labute approximate surface area is 246 Å². The lowest BCUT2D eigenvalue weighted by Crippen LogP contribution is -2.37. The van der Waals surface area contributed by atoms with E-state index in [1.807, 2.05) is 67.1 Å². The fourth-order valence-electron chi connectivity index (χ4n) is 4.76. The standard InChI is InChI=1S/C33H38N4O5/c1-21(2)18-28(33(39)42-6)34-22(3)23-12-15-25(16-13-23)35-32(38)27-20-26-10-8-7-9-11-29(37(26)36-27)24-14-17-30(40-4)31(19-24)41-5/h7,9,11-17,19-21,28,34H,3,8,10,18H2,1-2,4-6H3,(H,35,38)/b9-7-,29-11-/t28-/m0/s1. The van der Waals surface area contributed by atoms with Crippen LogP contribution in [0.3, 0.4) is 0 Å². The van der Waals surface area contributed by atoms with Crippen molar-refractivity contribution in [3.05, 3.63) is 95.9 Å². The van der Waals surface area contributed by atoms with E-state index in [9.17, 15) is 9.59 Å². The van der Waals surface area contributed by atoms with E-state index in [2.05, 4.69) is 23.3 Å². The molecule has 0 aliphatic carbocycles. The second kappa shape index (κ2) is 13.7. The molecule has 3 aromatic rings. The van der Waals surface area contributed by atoms with Gasteiger partial charge in [0.2, 0.25) is 0 Å². The topological polar surface area (TPSA) is 104 Å². The average molecular weight is 571 g/mol. The number of amides is 1. The Hall–Kier alpha value is -4.79. The molecular weight excluding hydrogens is 532 g/mol. The third-order valence-corrected chi connectivity index (χ3v) is 6.91. The van der Waals surface area contributed by atoms with E-state index < -0.39 is 6.04 Å². The van der Waals surface area contributed by atoms with Crippen LogP contribution in [-0.2, 0) is 16.0 Å². The Kier molecular flexibility index (Phi) is 9.85. The molecule has 220 valence electrons. The second-order valence-corrected chi connectivity index (χ2v) is 10.4. The number of fused-ring (bicyclic) bond motifs is 1. The predicted octanol–water partition coefficient (Wildman–Crippen LogP) is 5.69. The molecule has 2 N–H and O–H groups in total. The number of nitrogens with one attached hydrogen (secondary N) is 2. The van der Waals surface area contributed by atoms with E-state index in [0.717, 1.165) is 35.4 Å². The third kappa shape index (κ3) is 7.09. The number of carbonyl (C=O) groups is 2. The van der Waals surface area contributed by atoms with Gasteiger partial charge in [0.15, 0.2) is 17.2 Å². The van der Waals surface area contributed by atoms with Gasteiger partial charge in [0.1, 0.15) is 6.04 Å². The Morgan fingerprint density at radius 1 is 1.02 bits per heavy atom. The fraction of sp³-hybridized carbons (Fsp3) is 0.303. The SMILES string of the molecule is C=C(N[C@@H](CC(C)C)C(=O)OC)c1ccc(NC(=O)c2cc3n(n2)/C(c2ccc(OC)c(OC)c2)=C\C=C/CC3)cc1. The highest BCUT2D eigenvalue weighted by molar-refractivity contribution is 6.03. The maximum Gasteiger partial charge on any atom is 0.328 e. The van der Waals surface area contributed by atoms with Crippen LogP contribution in [-0.4, -0.2) is 49.0 Å². The minimum absolute atomic E-state index is 0.302. The van der Waals surface area contributed by atoms with Crippen molar-refractivity contribution in [3.63, 3.8) is 0 Å². The summed E-state index contributed by atoms with van der Waals surface area (Å²) in [6.07, 6.45) is 8.25. The molecule has 1 aromatic heterocycles. The zero-order valence-corrected chi connectivity index (χ0v) is 24.8. The quantitative estimate of drug-likeness (QED) is 0.285. The van der Waals surface area contributed by atoms with Crippen molar-refractivity contribution < 1.29 is 23.8 Å². The molecule has 0 radical (unpaired) electrons. The van der Waals surface area contributed by atoms with Crippen LogP contribution in [0.4, 0.5) is 5.69 Å². The summed E-state index contributed by atoms with van der Waals surface area (Å²) in [7, 11) is 4.57. The van der Waals surface area contributed by atoms with Crippen LogP contribution in [0.25, 0.3) is 11.4 Å². The van der Waals surface area contributed by atoms with Crippen molar-refractivity contribution in [3.8, 4) is 11.5 Å². The average Bonchev–Trinajstić information content (AvgIpc) is 3.39. The summed E-state index contributed by atoms with van der Waals surface area (Å²) in [6, 6.07) is 14.3. The van der Waals surface area contributed by atoms with Gasteiger partial charge in [0, 0.05) is 22.6 Å². The normalized spacial score (nSPS) is 15.2. The first-order chi connectivity index (χ1) is 20.2. The summed E-state index contributed by atoms with van der Waals surface area (Å²) >= 11 is 0. The van der Waals surface area contributed by atoms with Crippen LogP contribution in [0.15, 0.2) is 73.3 Å². The molecule has 9 nitrogen and oxygen atoms in total. The lowest BCUT2D eigenvalue weighted by molar-refractivity contribution is -0.143. The first-order valence-electron chi connectivity index (χ1n) is 13.9. The summed E-state index contributed by atoms with van der Waals surface area (Å²) in [4.78, 5) is 25.5. The van der Waals surface area contributed by atoms with E-state index >= 15 is 0 Å². The summed E-state index contributed by atoms with van der Waals surface area (Å²) in [5.74, 6) is 0.893. The molecular formula is C33H38N4O5. The van der Waals surface area contributed by atoms with Gasteiger partial charge in [-0.15, -0.1) is 0 Å². The second-order valence-electron chi connectivity index (χ2n) is 10.4. The number of aryl methyl sites for hydroxylation is 1. The minimum atomic E-state index is -0.490. The molecule has 1 aliphatic rings. The van der Waals surface area contributed by atoms with E-state index in [0.29, 0.717) is 40.9 Å². The Morgan fingerprint density at radius 2 is 1.76 bits per heavy atom. The number of methoxy groups -OCH3 is 3. The number of aromatic nitrogens is 2. The highest BCUT2D eigenvalue weighted by atomic mass is 16.5. The molecule has 2 heterocycles. The van der Waals surface area contributed by atoms with Gasteiger partial charge in [-0.2, -0.15) is 5.10 Å². The highest BCUT2D eigenvalue weighted by Gasteiger charge is 2.22. The zero-order valence-electron chi connectivity index (χ0n) is 24.8. The molecule has 0 fully saturated rings. The van der Waals surface area contributed by atoms with Crippen molar-refractivity contribution in [1.29, 1.82) is 0 Å². The van der Waals surface area contributed by atoms with E-state index in [1.165, 1.54) is 7.11 Å². The van der Waals surface area contributed by atoms with Gasteiger partial charge in [0.25, 0.3) is 5.91 Å². The molecule has 42 heavy (non-hydrogen) atoms. The van der Waals surface area contributed by atoms with Gasteiger partial charge >= 0.3 is 5.97 Å². The van der Waals surface area contributed by atoms with E-state index in [1.54, 1.807) is 26.4 Å². The number of rotatable bonds is 11. The molecule has 0 spiro atoms. The number of hydrogen-bond acceptors (Lipinski definition) is 7. The van der Waals surface area contributed by atoms with Crippen LogP contribution in [0.2, 0.25) is 0 Å². The molecule has 1 atom stereocenters. The molecule has 9 heteroatoms. The van der Waals surface area contributed by atoms with E-state index in [4.69, 9.17) is 19.3 Å². The van der Waals surface area contributed by atoms with Gasteiger partial charge in [0.05, 0.1) is 27.0 Å². The van der Waals surface area contributed by atoms with Gasteiger partial charge < -0.3 is 24.8 Å². The number of esters is 1. The van der Waals surface area contributed by atoms with Crippen LogP contribution < -0.4 is 20.1 Å². The van der Waals surface area contributed by atoms with Gasteiger partial charge in [-0.25, -0.2) is 9.48 Å². The van der Waals surface area contributed by atoms with Crippen molar-refractivity contribution in [2.45, 2.75) is 39.2 Å². The maximum atomic E-state index is 13.3. The fourth-order valence-corrected chi connectivity index (χ4v) is 4.76. The lowest BCUT2D eigenvalue weighted by Gasteiger charge is -2.21. The molecule has 4 rings (SSSR count). The lowest BCUT2D eigenvalue weighted by atomic mass is 10.0. The molecule has 1 amide bonds. The van der Waals surface area contributed by atoms with Crippen molar-refractivity contribution in [1.82, 2.24) is 15.1 Å². The first-order valence-corrected chi connectivity index (χ1v) is 13.9. The zero-order chi connectivity index (χ0) is 30.2. The maximum absolute atomic E-state index is 13.3. The smallest absolute Gasteiger partial charge is 0.328 e. The summed E-state index contributed by atoms with van der Waals surface area (Å²) < 4.78 is 17.6. The minimum Gasteiger partial charge on any atom is -0.493 e. The van der Waals surface area contributed by atoms with Crippen LogP contribution >= 0.6 is 0 Å². The Bertz CT molecular complexity index is 1500. The number of allylic oxidation sites excluding steroid dienone is 3. The summed E-state index contributed by atoms with van der Waals surface area (Å²) in [6.45, 7) is 8.17. The molecule has 0 saturated carbocycles. The van der Waals surface area contributed by atoms with E-state index in [-0.39, 0.29) is 11.9 Å². The summed E-state index contributed by atoms with van der Waals surface area (Å²) in [5.41, 5.74) is 4.93. The number of hydrogen-bond donors (Lipinski definition) is 2.